The molecular formula is C15H14ClNO3S2. The molecule has 4 nitrogen and oxygen atoms in total. The first-order chi connectivity index (χ1) is 10.3. The normalized spacial score (nSPS) is 18.4. The molecule has 116 valence electrons. The van der Waals surface area contributed by atoms with Gasteiger partial charge in [-0.2, -0.15) is 0 Å². The Morgan fingerprint density at radius 1 is 1.36 bits per heavy atom. The van der Waals surface area contributed by atoms with Crippen molar-refractivity contribution in [3.05, 3.63) is 39.8 Å². The van der Waals surface area contributed by atoms with Gasteiger partial charge in [0.2, 0.25) is 0 Å². The third-order valence-corrected chi connectivity index (χ3v) is 4.74. The van der Waals surface area contributed by atoms with Crippen molar-refractivity contribution in [1.29, 1.82) is 0 Å². The lowest BCUT2D eigenvalue weighted by Gasteiger charge is -2.26. The molecule has 1 heterocycles. The van der Waals surface area contributed by atoms with Gasteiger partial charge in [-0.25, -0.2) is 4.79 Å². The summed E-state index contributed by atoms with van der Waals surface area (Å²) in [5, 5.41) is 9.96. The summed E-state index contributed by atoms with van der Waals surface area (Å²) in [5.41, 5.74) is 0.807. The quantitative estimate of drug-likeness (QED) is 0.660. The van der Waals surface area contributed by atoms with Crippen LogP contribution < -0.4 is 0 Å². The number of carbonyl (C=O) groups is 2. The van der Waals surface area contributed by atoms with Crippen molar-refractivity contribution in [3.63, 3.8) is 0 Å². The Morgan fingerprint density at radius 3 is 2.45 bits per heavy atom. The van der Waals surface area contributed by atoms with E-state index in [0.717, 1.165) is 17.3 Å². The fourth-order valence-corrected chi connectivity index (χ4v) is 3.58. The standard InChI is InChI=1S/C15H14ClNO3S2/c1-8(2)12(14(19)20)17-13(18)11(22-15(17)21)7-9-3-5-10(16)6-4-9/h3-8,12H,1-2H3,(H,19,20)/b11-7-/t12-/m1/s1. The van der Waals surface area contributed by atoms with E-state index in [-0.39, 0.29) is 16.1 Å². The number of thioether (sulfide) groups is 1. The Labute approximate surface area is 143 Å². The second-order valence-electron chi connectivity index (χ2n) is 5.13. The van der Waals surface area contributed by atoms with Crippen LogP contribution in [0.25, 0.3) is 6.08 Å². The van der Waals surface area contributed by atoms with Crippen LogP contribution in [0.1, 0.15) is 19.4 Å². The highest BCUT2D eigenvalue weighted by molar-refractivity contribution is 8.26. The highest BCUT2D eigenvalue weighted by Crippen LogP contribution is 2.35. The molecule has 0 unspecified atom stereocenters. The lowest BCUT2D eigenvalue weighted by atomic mass is 10.0. The smallest absolute Gasteiger partial charge is 0.327 e. The molecule has 1 atom stereocenters. The van der Waals surface area contributed by atoms with Crippen LogP contribution in [-0.4, -0.2) is 32.2 Å². The van der Waals surface area contributed by atoms with Crippen molar-refractivity contribution in [2.45, 2.75) is 19.9 Å². The third kappa shape index (κ3) is 3.51. The lowest BCUT2D eigenvalue weighted by molar-refractivity contribution is -0.146. The van der Waals surface area contributed by atoms with E-state index in [1.54, 1.807) is 44.2 Å². The molecule has 0 saturated carbocycles. The molecule has 0 bridgehead atoms. The zero-order chi connectivity index (χ0) is 16.4. The number of hydrogen-bond donors (Lipinski definition) is 1. The van der Waals surface area contributed by atoms with Crippen LogP contribution in [0.5, 0.6) is 0 Å². The predicted molar refractivity (Wildman–Crippen MR) is 92.7 cm³/mol. The summed E-state index contributed by atoms with van der Waals surface area (Å²) in [4.78, 5) is 25.5. The van der Waals surface area contributed by atoms with E-state index >= 15 is 0 Å². The number of halogens is 1. The molecule has 1 aliphatic heterocycles. The highest BCUT2D eigenvalue weighted by atomic mass is 35.5. The van der Waals surface area contributed by atoms with Crippen LogP contribution in [0.4, 0.5) is 0 Å². The zero-order valence-corrected chi connectivity index (χ0v) is 14.3. The first kappa shape index (κ1) is 17.0. The van der Waals surface area contributed by atoms with Gasteiger partial charge >= 0.3 is 5.97 Å². The number of aliphatic carboxylic acids is 1. The molecule has 1 amide bonds. The third-order valence-electron chi connectivity index (χ3n) is 3.15. The minimum absolute atomic E-state index is 0.241. The Bertz CT molecular complexity index is 655. The average molecular weight is 356 g/mol. The topological polar surface area (TPSA) is 57.6 Å². The second kappa shape index (κ2) is 6.81. The van der Waals surface area contributed by atoms with E-state index in [0.29, 0.717) is 9.93 Å². The van der Waals surface area contributed by atoms with Gasteiger partial charge in [-0.15, -0.1) is 0 Å². The summed E-state index contributed by atoms with van der Waals surface area (Å²) >= 11 is 12.1. The molecule has 0 radical (unpaired) electrons. The zero-order valence-electron chi connectivity index (χ0n) is 11.9. The van der Waals surface area contributed by atoms with Crippen LogP contribution in [0.2, 0.25) is 5.02 Å². The van der Waals surface area contributed by atoms with E-state index in [9.17, 15) is 14.7 Å². The summed E-state index contributed by atoms with van der Waals surface area (Å²) in [5.74, 6) is -1.67. The number of amides is 1. The Kier molecular flexibility index (Phi) is 5.26. The van der Waals surface area contributed by atoms with Crippen molar-refractivity contribution >= 4 is 57.9 Å². The molecule has 1 N–H and O–H groups in total. The summed E-state index contributed by atoms with van der Waals surface area (Å²) in [6.45, 7) is 3.50. The van der Waals surface area contributed by atoms with Crippen molar-refractivity contribution in [2.24, 2.45) is 5.92 Å². The molecule has 22 heavy (non-hydrogen) atoms. The molecule has 1 saturated heterocycles. The number of nitrogens with zero attached hydrogens (tertiary/aromatic N) is 1. The fraction of sp³-hybridized carbons (Fsp3) is 0.267. The molecule has 0 spiro atoms. The molecule has 2 rings (SSSR count). The van der Waals surface area contributed by atoms with Crippen molar-refractivity contribution in [2.75, 3.05) is 0 Å². The summed E-state index contributed by atoms with van der Waals surface area (Å²) in [6, 6.07) is 6.06. The summed E-state index contributed by atoms with van der Waals surface area (Å²) in [7, 11) is 0. The number of carboxylic acids is 1. The number of thiocarbonyl (C=S) groups is 1. The van der Waals surface area contributed by atoms with Gasteiger partial charge in [-0.1, -0.05) is 61.6 Å². The number of rotatable bonds is 4. The summed E-state index contributed by atoms with van der Waals surface area (Å²) in [6.07, 6.45) is 1.69. The molecule has 0 aromatic heterocycles. The van der Waals surface area contributed by atoms with Crippen LogP contribution in [0.15, 0.2) is 29.2 Å². The molecule has 0 aliphatic carbocycles. The Morgan fingerprint density at radius 2 is 1.95 bits per heavy atom. The Hall–Kier alpha value is -1.37. The van der Waals surface area contributed by atoms with Gasteiger partial charge in [0.05, 0.1) is 4.91 Å². The lowest BCUT2D eigenvalue weighted by Crippen LogP contribution is -2.47. The highest BCUT2D eigenvalue weighted by Gasteiger charge is 2.41. The first-order valence-electron chi connectivity index (χ1n) is 6.56. The average Bonchev–Trinajstić information content (AvgIpc) is 2.69. The van der Waals surface area contributed by atoms with Crippen LogP contribution in [0.3, 0.4) is 0 Å². The van der Waals surface area contributed by atoms with Gasteiger partial charge in [0, 0.05) is 5.02 Å². The van der Waals surface area contributed by atoms with Crippen LogP contribution >= 0.6 is 35.6 Å². The number of carboxylic acid groups (broad SMARTS) is 1. The van der Waals surface area contributed by atoms with Crippen molar-refractivity contribution in [1.82, 2.24) is 4.90 Å². The first-order valence-corrected chi connectivity index (χ1v) is 8.17. The van der Waals surface area contributed by atoms with E-state index in [1.165, 1.54) is 4.90 Å². The van der Waals surface area contributed by atoms with Gasteiger partial charge < -0.3 is 5.11 Å². The van der Waals surface area contributed by atoms with Crippen LogP contribution in [-0.2, 0) is 9.59 Å². The van der Waals surface area contributed by atoms with E-state index < -0.39 is 12.0 Å². The van der Waals surface area contributed by atoms with Gasteiger partial charge in [0.25, 0.3) is 5.91 Å². The van der Waals surface area contributed by atoms with Gasteiger partial charge in [-0.05, 0) is 29.7 Å². The monoisotopic (exact) mass is 355 g/mol. The van der Waals surface area contributed by atoms with Crippen molar-refractivity contribution in [3.8, 4) is 0 Å². The van der Waals surface area contributed by atoms with E-state index in [2.05, 4.69) is 0 Å². The maximum atomic E-state index is 12.5. The number of benzene rings is 1. The molecule has 1 fully saturated rings. The number of hydrogen-bond acceptors (Lipinski definition) is 4. The van der Waals surface area contributed by atoms with Gasteiger partial charge in [0.15, 0.2) is 0 Å². The Balaban J connectivity index is 2.32. The summed E-state index contributed by atoms with van der Waals surface area (Å²) < 4.78 is 0.270. The van der Waals surface area contributed by atoms with Crippen molar-refractivity contribution < 1.29 is 14.7 Å². The molecule has 1 aromatic rings. The minimum Gasteiger partial charge on any atom is -0.480 e. The van der Waals surface area contributed by atoms with E-state index in [4.69, 9.17) is 23.8 Å². The largest absolute Gasteiger partial charge is 0.480 e. The maximum Gasteiger partial charge on any atom is 0.327 e. The predicted octanol–water partition coefficient (Wildman–Crippen LogP) is 3.65. The molecular weight excluding hydrogens is 342 g/mol. The molecule has 1 aromatic carbocycles. The molecule has 7 heteroatoms. The SMILES string of the molecule is CC(C)[C@H](C(=O)O)N1C(=O)/C(=C/c2ccc(Cl)cc2)SC1=S. The van der Waals surface area contributed by atoms with Crippen LogP contribution in [0, 0.1) is 5.92 Å². The van der Waals surface area contributed by atoms with E-state index in [1.807, 2.05) is 0 Å². The van der Waals surface area contributed by atoms with Gasteiger partial charge in [0.1, 0.15) is 10.4 Å². The van der Waals surface area contributed by atoms with Gasteiger partial charge in [-0.3, -0.25) is 9.69 Å². The maximum absolute atomic E-state index is 12.5. The number of carbonyl (C=O) groups excluding carboxylic acids is 1. The minimum atomic E-state index is -1.06. The second-order valence-corrected chi connectivity index (χ2v) is 7.24. The molecule has 1 aliphatic rings. The fourth-order valence-electron chi connectivity index (χ4n) is 2.12.